The lowest BCUT2D eigenvalue weighted by Gasteiger charge is -2.08. The Morgan fingerprint density at radius 1 is 1.35 bits per heavy atom. The first-order valence-corrected chi connectivity index (χ1v) is 5.91. The summed E-state index contributed by atoms with van der Waals surface area (Å²) in [6.45, 7) is 0. The first-order valence-electron chi connectivity index (χ1n) is 4.80. The van der Waals surface area contributed by atoms with Gasteiger partial charge < -0.3 is 4.74 Å². The number of halogens is 4. The van der Waals surface area contributed by atoms with Crippen molar-refractivity contribution in [3.8, 4) is 11.6 Å². The van der Waals surface area contributed by atoms with Gasteiger partial charge in [0.25, 0.3) is 5.88 Å². The number of nitrogens with zero attached hydrogens (tertiary/aromatic N) is 3. The van der Waals surface area contributed by atoms with Gasteiger partial charge in [-0.2, -0.15) is 17.5 Å². The van der Waals surface area contributed by atoms with E-state index in [1.54, 1.807) is 0 Å². The Labute approximate surface area is 118 Å². The molecule has 0 atom stereocenters. The monoisotopic (exact) mass is 325 g/mol. The zero-order chi connectivity index (χ0) is 14.9. The van der Waals surface area contributed by atoms with Crippen molar-refractivity contribution in [2.24, 2.45) is 0 Å². The second-order valence-electron chi connectivity index (χ2n) is 3.40. The van der Waals surface area contributed by atoms with Gasteiger partial charge in [0.2, 0.25) is 10.9 Å². The number of alkyl halides is 3. The van der Waals surface area contributed by atoms with Crippen molar-refractivity contribution in [2.45, 2.75) is 6.18 Å². The van der Waals surface area contributed by atoms with E-state index in [4.69, 9.17) is 16.3 Å². The molecule has 1 aromatic heterocycles. The molecule has 20 heavy (non-hydrogen) atoms. The molecule has 0 aliphatic carbocycles. The van der Waals surface area contributed by atoms with E-state index in [0.29, 0.717) is 23.9 Å². The molecule has 0 radical (unpaired) electrons. The van der Waals surface area contributed by atoms with Crippen molar-refractivity contribution in [1.82, 2.24) is 8.75 Å². The number of nitro groups is 1. The SMILES string of the molecule is O=[N+]([O-])c1cc(C(F)(F)F)ccc1Oc1nsnc1Cl. The molecule has 6 nitrogen and oxygen atoms in total. The van der Waals surface area contributed by atoms with Gasteiger partial charge in [0.05, 0.1) is 22.2 Å². The highest BCUT2D eigenvalue weighted by molar-refractivity contribution is 6.99. The second kappa shape index (κ2) is 5.21. The average Bonchev–Trinajstić information content (AvgIpc) is 2.74. The Balaban J connectivity index is 2.43. The molecule has 1 aromatic carbocycles. The standard InChI is InChI=1S/C9H3ClF3N3O3S/c10-7-8(15-20-14-7)19-6-2-1-4(9(11,12)13)3-5(6)16(17)18/h1-3H. The van der Waals surface area contributed by atoms with Gasteiger partial charge in [-0.1, -0.05) is 11.6 Å². The first kappa shape index (κ1) is 14.5. The van der Waals surface area contributed by atoms with E-state index in [2.05, 4.69) is 8.75 Å². The van der Waals surface area contributed by atoms with Gasteiger partial charge in [0.15, 0.2) is 0 Å². The van der Waals surface area contributed by atoms with E-state index >= 15 is 0 Å². The molecule has 2 rings (SSSR count). The van der Waals surface area contributed by atoms with E-state index in [0.717, 1.165) is 6.07 Å². The molecular weight excluding hydrogens is 323 g/mol. The summed E-state index contributed by atoms with van der Waals surface area (Å²) >= 11 is 6.29. The Bertz CT molecular complexity index is 661. The molecule has 0 N–H and O–H groups in total. The highest BCUT2D eigenvalue weighted by Gasteiger charge is 2.33. The largest absolute Gasteiger partial charge is 0.428 e. The lowest BCUT2D eigenvalue weighted by Crippen LogP contribution is -2.06. The van der Waals surface area contributed by atoms with Crippen LogP contribution in [-0.4, -0.2) is 13.7 Å². The van der Waals surface area contributed by atoms with Crippen LogP contribution in [0.4, 0.5) is 18.9 Å². The molecule has 0 fully saturated rings. The molecule has 0 saturated heterocycles. The number of benzene rings is 1. The maximum absolute atomic E-state index is 12.5. The summed E-state index contributed by atoms with van der Waals surface area (Å²) in [5, 5.41) is 10.7. The van der Waals surface area contributed by atoms with Crippen LogP contribution in [0.5, 0.6) is 11.6 Å². The van der Waals surface area contributed by atoms with Crippen molar-refractivity contribution in [3.05, 3.63) is 39.0 Å². The zero-order valence-electron chi connectivity index (χ0n) is 9.22. The summed E-state index contributed by atoms with van der Waals surface area (Å²) in [7, 11) is 0. The normalized spacial score (nSPS) is 11.4. The van der Waals surface area contributed by atoms with Gasteiger partial charge in [-0.3, -0.25) is 10.1 Å². The Morgan fingerprint density at radius 2 is 2.05 bits per heavy atom. The number of aromatic nitrogens is 2. The van der Waals surface area contributed by atoms with Crippen molar-refractivity contribution in [1.29, 1.82) is 0 Å². The van der Waals surface area contributed by atoms with Crippen LogP contribution in [0.3, 0.4) is 0 Å². The fourth-order valence-corrected chi connectivity index (χ4v) is 1.87. The lowest BCUT2D eigenvalue weighted by molar-refractivity contribution is -0.385. The van der Waals surface area contributed by atoms with Crippen LogP contribution in [-0.2, 0) is 6.18 Å². The summed E-state index contributed by atoms with van der Waals surface area (Å²) in [5.41, 5.74) is -2.00. The molecule has 0 unspecified atom stereocenters. The molecule has 106 valence electrons. The summed E-state index contributed by atoms with van der Waals surface area (Å²) in [6, 6.07) is 1.87. The van der Waals surface area contributed by atoms with E-state index < -0.39 is 28.1 Å². The number of rotatable bonds is 3. The first-order chi connectivity index (χ1) is 9.29. The Hall–Kier alpha value is -1.94. The second-order valence-corrected chi connectivity index (χ2v) is 4.29. The van der Waals surface area contributed by atoms with Crippen LogP contribution in [0.1, 0.15) is 5.56 Å². The molecule has 0 aliphatic rings. The van der Waals surface area contributed by atoms with Crippen molar-refractivity contribution in [2.75, 3.05) is 0 Å². The zero-order valence-corrected chi connectivity index (χ0v) is 10.8. The van der Waals surface area contributed by atoms with Gasteiger partial charge in [-0.05, 0) is 12.1 Å². The highest BCUT2D eigenvalue weighted by Crippen LogP contribution is 2.38. The molecule has 0 amide bonds. The molecular formula is C9H3ClF3N3O3S. The fraction of sp³-hybridized carbons (Fsp3) is 0.111. The molecule has 0 aliphatic heterocycles. The molecule has 2 aromatic rings. The predicted octanol–water partition coefficient (Wildman–Crippen LogP) is 3.91. The Kier molecular flexibility index (Phi) is 3.77. The molecule has 0 saturated carbocycles. The van der Waals surface area contributed by atoms with Crippen LogP contribution in [0.2, 0.25) is 5.15 Å². The third-order valence-electron chi connectivity index (χ3n) is 2.11. The van der Waals surface area contributed by atoms with Gasteiger partial charge in [0, 0.05) is 6.07 Å². The van der Waals surface area contributed by atoms with E-state index in [1.807, 2.05) is 0 Å². The van der Waals surface area contributed by atoms with Crippen LogP contribution in [0.15, 0.2) is 18.2 Å². The predicted molar refractivity (Wildman–Crippen MR) is 63.1 cm³/mol. The molecule has 0 bridgehead atoms. The van der Waals surface area contributed by atoms with Crippen LogP contribution >= 0.6 is 23.3 Å². The van der Waals surface area contributed by atoms with Gasteiger partial charge in [0.1, 0.15) is 0 Å². The van der Waals surface area contributed by atoms with Gasteiger partial charge in [-0.25, -0.2) is 0 Å². The number of hydrogen-bond acceptors (Lipinski definition) is 6. The molecule has 0 spiro atoms. The van der Waals surface area contributed by atoms with Crippen molar-refractivity contribution >= 4 is 29.0 Å². The average molecular weight is 326 g/mol. The van der Waals surface area contributed by atoms with Crippen LogP contribution in [0, 0.1) is 10.1 Å². The number of nitro benzene ring substituents is 1. The quantitative estimate of drug-likeness (QED) is 0.631. The molecule has 1 heterocycles. The van der Waals surface area contributed by atoms with Crippen molar-refractivity contribution < 1.29 is 22.8 Å². The minimum absolute atomic E-state index is 0.135. The maximum atomic E-state index is 12.5. The number of hydrogen-bond donors (Lipinski definition) is 0. The summed E-state index contributed by atoms with van der Waals surface area (Å²) in [4.78, 5) is 9.82. The lowest BCUT2D eigenvalue weighted by atomic mass is 10.2. The topological polar surface area (TPSA) is 78.2 Å². The van der Waals surface area contributed by atoms with E-state index in [1.165, 1.54) is 0 Å². The van der Waals surface area contributed by atoms with Gasteiger partial charge >= 0.3 is 11.9 Å². The maximum Gasteiger partial charge on any atom is 0.416 e. The van der Waals surface area contributed by atoms with E-state index in [-0.39, 0.29) is 11.0 Å². The van der Waals surface area contributed by atoms with Gasteiger partial charge in [-0.15, -0.1) is 4.37 Å². The molecule has 11 heteroatoms. The fourth-order valence-electron chi connectivity index (χ4n) is 1.26. The minimum Gasteiger partial charge on any atom is -0.428 e. The third kappa shape index (κ3) is 2.96. The summed E-state index contributed by atoms with van der Waals surface area (Å²) in [6.07, 6.45) is -4.69. The smallest absolute Gasteiger partial charge is 0.416 e. The Morgan fingerprint density at radius 3 is 2.55 bits per heavy atom. The summed E-state index contributed by atoms with van der Waals surface area (Å²) in [5.74, 6) is -0.614. The number of ether oxygens (including phenoxy) is 1. The summed E-state index contributed by atoms with van der Waals surface area (Å²) < 4.78 is 49.7. The van der Waals surface area contributed by atoms with Crippen LogP contribution < -0.4 is 4.74 Å². The third-order valence-corrected chi connectivity index (χ3v) is 2.97. The van der Waals surface area contributed by atoms with Crippen molar-refractivity contribution in [3.63, 3.8) is 0 Å². The minimum atomic E-state index is -4.69. The van der Waals surface area contributed by atoms with E-state index in [9.17, 15) is 23.3 Å². The highest BCUT2D eigenvalue weighted by atomic mass is 35.5. The van der Waals surface area contributed by atoms with Crippen LogP contribution in [0.25, 0.3) is 0 Å².